The molecule has 0 saturated carbocycles. The molecule has 0 spiro atoms. The number of hydrogen-bond donors (Lipinski definition) is 2. The molecule has 9 heteroatoms. The quantitative estimate of drug-likeness (QED) is 0.549. The van der Waals surface area contributed by atoms with Crippen LogP contribution < -0.4 is 5.32 Å². The predicted molar refractivity (Wildman–Crippen MR) is 128 cm³/mol. The highest BCUT2D eigenvalue weighted by atomic mass is 35.5. The lowest BCUT2D eigenvalue weighted by atomic mass is 9.73. The molecule has 3 heterocycles. The zero-order valence-corrected chi connectivity index (χ0v) is 20.0. The van der Waals surface area contributed by atoms with Gasteiger partial charge in [0.25, 0.3) is 5.91 Å². The number of aryl methyl sites for hydroxylation is 1. The molecule has 7 nitrogen and oxygen atoms in total. The predicted octanol–water partition coefficient (Wildman–Crippen LogP) is 4.15. The second-order valence-corrected chi connectivity index (χ2v) is 9.68. The van der Waals surface area contributed by atoms with E-state index in [0.717, 1.165) is 11.1 Å². The second-order valence-electron chi connectivity index (χ2n) is 9.30. The Morgan fingerprint density at radius 2 is 1.69 bits per heavy atom. The molecule has 1 aromatic heterocycles. The number of aliphatic carboxylic acids is 1. The van der Waals surface area contributed by atoms with Crippen LogP contribution in [0.4, 0.5) is 4.39 Å². The van der Waals surface area contributed by atoms with Gasteiger partial charge in [0.15, 0.2) is 0 Å². The van der Waals surface area contributed by atoms with Gasteiger partial charge in [-0.15, -0.1) is 0 Å². The SMILES string of the molecule is Cn1c(C(=O)NC2(c3ccc(C4(C(=O)O)CCOCC4)cc3)CCOC2)cc2c(Cl)c(F)ccc21. The maximum Gasteiger partial charge on any atom is 0.314 e. The van der Waals surface area contributed by atoms with Crippen LogP contribution in [-0.4, -0.2) is 48.0 Å². The Bertz CT molecular complexity index is 1290. The molecular formula is C26H26ClFN2O5. The summed E-state index contributed by atoms with van der Waals surface area (Å²) >= 11 is 6.13. The zero-order valence-electron chi connectivity index (χ0n) is 19.3. The molecule has 0 radical (unpaired) electrons. The molecular weight excluding hydrogens is 475 g/mol. The summed E-state index contributed by atoms with van der Waals surface area (Å²) in [6, 6.07) is 11.9. The number of aromatic nitrogens is 1. The number of carboxylic acids is 1. The van der Waals surface area contributed by atoms with Crippen LogP contribution in [0, 0.1) is 5.82 Å². The Labute approximate surface area is 206 Å². The third kappa shape index (κ3) is 3.90. The molecule has 1 atom stereocenters. The van der Waals surface area contributed by atoms with Crippen LogP contribution in [0.2, 0.25) is 5.02 Å². The number of halogens is 2. The van der Waals surface area contributed by atoms with E-state index < -0.39 is 22.7 Å². The molecule has 2 N–H and O–H groups in total. The minimum Gasteiger partial charge on any atom is -0.481 e. The normalized spacial score (nSPS) is 21.8. The molecule has 1 unspecified atom stereocenters. The number of fused-ring (bicyclic) bond motifs is 1. The number of carbonyl (C=O) groups is 2. The molecule has 2 fully saturated rings. The number of benzene rings is 2. The van der Waals surface area contributed by atoms with Gasteiger partial charge in [0.1, 0.15) is 11.5 Å². The number of hydrogen-bond acceptors (Lipinski definition) is 4. The molecule has 3 aromatic rings. The highest BCUT2D eigenvalue weighted by Gasteiger charge is 2.43. The van der Waals surface area contributed by atoms with Crippen molar-refractivity contribution in [1.29, 1.82) is 0 Å². The minimum absolute atomic E-state index is 0.0212. The largest absolute Gasteiger partial charge is 0.481 e. The van der Waals surface area contributed by atoms with Crippen molar-refractivity contribution in [2.45, 2.75) is 30.2 Å². The first-order valence-electron chi connectivity index (χ1n) is 11.5. The van der Waals surface area contributed by atoms with Crippen LogP contribution in [0.5, 0.6) is 0 Å². The molecule has 2 aliphatic rings. The summed E-state index contributed by atoms with van der Waals surface area (Å²) in [7, 11) is 1.73. The summed E-state index contributed by atoms with van der Waals surface area (Å²) in [6.45, 7) is 1.57. The topological polar surface area (TPSA) is 89.8 Å². The Kier molecular flexibility index (Phi) is 6.07. The van der Waals surface area contributed by atoms with Gasteiger partial charge >= 0.3 is 5.97 Å². The van der Waals surface area contributed by atoms with Gasteiger partial charge < -0.3 is 24.5 Å². The monoisotopic (exact) mass is 500 g/mol. The van der Waals surface area contributed by atoms with E-state index in [0.29, 0.717) is 55.7 Å². The van der Waals surface area contributed by atoms with Crippen molar-refractivity contribution < 1.29 is 28.6 Å². The number of amides is 1. The van der Waals surface area contributed by atoms with Gasteiger partial charge in [0.2, 0.25) is 0 Å². The summed E-state index contributed by atoms with van der Waals surface area (Å²) in [5, 5.41) is 13.6. The minimum atomic E-state index is -0.975. The lowest BCUT2D eigenvalue weighted by Crippen LogP contribution is -2.47. The Hall–Kier alpha value is -2.94. The van der Waals surface area contributed by atoms with Crippen molar-refractivity contribution in [3.63, 3.8) is 0 Å². The second kappa shape index (κ2) is 8.93. The number of carboxylic acid groups (broad SMARTS) is 1. The van der Waals surface area contributed by atoms with E-state index in [4.69, 9.17) is 21.1 Å². The number of nitrogens with one attached hydrogen (secondary N) is 1. The molecule has 184 valence electrons. The Morgan fingerprint density at radius 1 is 1.03 bits per heavy atom. The third-order valence-electron chi connectivity index (χ3n) is 7.47. The van der Waals surface area contributed by atoms with Gasteiger partial charge in [-0.25, -0.2) is 4.39 Å². The summed E-state index contributed by atoms with van der Waals surface area (Å²) < 4.78 is 26.7. The van der Waals surface area contributed by atoms with Gasteiger partial charge in [-0.1, -0.05) is 35.9 Å². The highest BCUT2D eigenvalue weighted by molar-refractivity contribution is 6.35. The lowest BCUT2D eigenvalue weighted by Gasteiger charge is -2.34. The fraction of sp³-hybridized carbons (Fsp3) is 0.385. The average Bonchev–Trinajstić information content (AvgIpc) is 3.47. The van der Waals surface area contributed by atoms with E-state index in [1.807, 2.05) is 24.3 Å². The van der Waals surface area contributed by atoms with E-state index in [2.05, 4.69) is 5.32 Å². The van der Waals surface area contributed by atoms with Crippen molar-refractivity contribution in [2.75, 3.05) is 26.4 Å². The summed E-state index contributed by atoms with van der Waals surface area (Å²) in [4.78, 5) is 25.6. The van der Waals surface area contributed by atoms with Crippen LogP contribution in [0.1, 0.15) is 40.9 Å². The van der Waals surface area contributed by atoms with Gasteiger partial charge in [-0.3, -0.25) is 9.59 Å². The third-order valence-corrected chi connectivity index (χ3v) is 7.85. The number of rotatable bonds is 5. The van der Waals surface area contributed by atoms with E-state index in [9.17, 15) is 19.1 Å². The van der Waals surface area contributed by atoms with E-state index in [1.165, 1.54) is 6.07 Å². The van der Waals surface area contributed by atoms with Crippen LogP contribution in [0.15, 0.2) is 42.5 Å². The molecule has 2 aromatic carbocycles. The highest BCUT2D eigenvalue weighted by Crippen LogP contribution is 2.38. The van der Waals surface area contributed by atoms with Gasteiger partial charge in [0.05, 0.1) is 28.1 Å². The molecule has 2 aliphatic heterocycles. The van der Waals surface area contributed by atoms with E-state index >= 15 is 0 Å². The number of nitrogens with zero attached hydrogens (tertiary/aromatic N) is 1. The van der Waals surface area contributed by atoms with Crippen LogP contribution in [0.25, 0.3) is 10.9 Å². The van der Waals surface area contributed by atoms with Crippen molar-refractivity contribution in [3.8, 4) is 0 Å². The van der Waals surface area contributed by atoms with Crippen molar-refractivity contribution in [1.82, 2.24) is 9.88 Å². The summed E-state index contributed by atoms with van der Waals surface area (Å²) in [5.74, 6) is -1.73. The van der Waals surface area contributed by atoms with Gasteiger partial charge in [-0.2, -0.15) is 0 Å². The molecule has 0 bridgehead atoms. The van der Waals surface area contributed by atoms with Crippen molar-refractivity contribution in [2.24, 2.45) is 7.05 Å². The molecule has 35 heavy (non-hydrogen) atoms. The maximum absolute atomic E-state index is 13.9. The van der Waals surface area contributed by atoms with Crippen molar-refractivity contribution in [3.05, 3.63) is 70.1 Å². The first-order chi connectivity index (χ1) is 16.8. The number of ether oxygens (including phenoxy) is 2. The zero-order chi connectivity index (χ0) is 24.8. The van der Waals surface area contributed by atoms with E-state index in [-0.39, 0.29) is 17.5 Å². The fourth-order valence-corrected chi connectivity index (χ4v) is 5.48. The van der Waals surface area contributed by atoms with Gasteiger partial charge in [-0.05, 0) is 42.2 Å². The van der Waals surface area contributed by atoms with Crippen LogP contribution in [-0.2, 0) is 32.3 Å². The summed E-state index contributed by atoms with van der Waals surface area (Å²) in [6.07, 6.45) is 1.39. The van der Waals surface area contributed by atoms with Gasteiger partial charge in [0, 0.05) is 38.7 Å². The van der Waals surface area contributed by atoms with Crippen LogP contribution in [0.3, 0.4) is 0 Å². The Balaban J connectivity index is 1.46. The van der Waals surface area contributed by atoms with Crippen molar-refractivity contribution >= 4 is 34.4 Å². The molecule has 0 aliphatic carbocycles. The standard InChI is InChI=1S/C26H26ClFN2O5/c1-30-20-7-6-19(28)22(27)18(20)14-21(30)23(31)29-26(10-13-35-15-26)17-4-2-16(3-5-17)25(24(32)33)8-11-34-12-9-25/h2-7,14H,8-13,15H2,1H3,(H,29,31)(H,32,33). The molecule has 2 saturated heterocycles. The van der Waals surface area contributed by atoms with E-state index in [1.54, 1.807) is 23.7 Å². The summed E-state index contributed by atoms with van der Waals surface area (Å²) in [5.41, 5.74) is 0.815. The maximum atomic E-state index is 13.9. The number of carbonyl (C=O) groups excluding carboxylic acids is 1. The smallest absolute Gasteiger partial charge is 0.314 e. The van der Waals surface area contributed by atoms with Crippen LogP contribution >= 0.6 is 11.6 Å². The Morgan fingerprint density at radius 3 is 2.31 bits per heavy atom. The molecule has 1 amide bonds. The average molecular weight is 501 g/mol. The first kappa shape index (κ1) is 23.8. The fourth-order valence-electron chi connectivity index (χ4n) is 5.27. The molecule has 5 rings (SSSR count). The first-order valence-corrected chi connectivity index (χ1v) is 11.9. The lowest BCUT2D eigenvalue weighted by molar-refractivity contribution is -0.147.